The number of aryl methyl sites for hydroxylation is 1. The Hall–Kier alpha value is -2.39. The average Bonchev–Trinajstić information content (AvgIpc) is 3.00. The predicted molar refractivity (Wildman–Crippen MR) is 98.9 cm³/mol. The molecule has 0 aromatic heterocycles. The lowest BCUT2D eigenvalue weighted by atomic mass is 9.84. The highest BCUT2D eigenvalue weighted by molar-refractivity contribution is 5.92. The summed E-state index contributed by atoms with van der Waals surface area (Å²) >= 11 is 0. The van der Waals surface area contributed by atoms with E-state index in [1.165, 1.54) is 16.7 Å². The van der Waals surface area contributed by atoms with Gasteiger partial charge in [0.05, 0.1) is 12.2 Å². The Morgan fingerprint density at radius 2 is 1.80 bits per heavy atom. The number of likely N-dealkylation sites (tertiary alicyclic amines) is 1. The lowest BCUT2D eigenvalue weighted by Crippen LogP contribution is -2.44. The van der Waals surface area contributed by atoms with Gasteiger partial charge in [0.25, 0.3) is 0 Å². The van der Waals surface area contributed by atoms with Crippen molar-refractivity contribution in [3.8, 4) is 0 Å². The van der Waals surface area contributed by atoms with Crippen LogP contribution in [0.3, 0.4) is 0 Å². The number of hydrogen-bond acceptors (Lipinski definition) is 2. The van der Waals surface area contributed by atoms with E-state index < -0.39 is 0 Å². The van der Waals surface area contributed by atoms with E-state index in [9.17, 15) is 4.79 Å². The summed E-state index contributed by atoms with van der Waals surface area (Å²) in [5, 5.41) is 0. The lowest BCUT2D eigenvalue weighted by Gasteiger charge is -2.39. The van der Waals surface area contributed by atoms with Crippen LogP contribution in [0.25, 0.3) is 6.08 Å². The summed E-state index contributed by atoms with van der Waals surface area (Å²) in [7, 11) is 0. The van der Waals surface area contributed by atoms with Crippen molar-refractivity contribution in [2.45, 2.75) is 32.0 Å². The molecule has 1 saturated heterocycles. The first-order chi connectivity index (χ1) is 12.2. The molecule has 3 nitrogen and oxygen atoms in total. The maximum absolute atomic E-state index is 12.5. The van der Waals surface area contributed by atoms with Crippen LogP contribution in [0.4, 0.5) is 0 Å². The summed E-state index contributed by atoms with van der Waals surface area (Å²) in [6.45, 7) is 4.23. The Morgan fingerprint density at radius 3 is 2.60 bits per heavy atom. The van der Waals surface area contributed by atoms with Crippen molar-refractivity contribution in [3.63, 3.8) is 0 Å². The number of rotatable bonds is 2. The fourth-order valence-electron chi connectivity index (χ4n) is 3.93. The van der Waals surface area contributed by atoms with Gasteiger partial charge in [-0.15, -0.1) is 0 Å². The summed E-state index contributed by atoms with van der Waals surface area (Å²) in [5.41, 5.74) is 4.70. The molecule has 2 heterocycles. The molecule has 2 aromatic carbocycles. The number of hydrogen-bond donors (Lipinski definition) is 0. The minimum Gasteiger partial charge on any atom is -0.365 e. The maximum Gasteiger partial charge on any atom is 0.246 e. The molecule has 1 spiro atoms. The Kier molecular flexibility index (Phi) is 4.18. The molecule has 0 bridgehead atoms. The molecule has 0 atom stereocenters. The van der Waals surface area contributed by atoms with Gasteiger partial charge >= 0.3 is 0 Å². The van der Waals surface area contributed by atoms with Crippen LogP contribution in [0.1, 0.15) is 35.1 Å². The fraction of sp³-hybridized carbons (Fsp3) is 0.318. The van der Waals surface area contributed by atoms with Gasteiger partial charge in [0.2, 0.25) is 5.91 Å². The van der Waals surface area contributed by atoms with Gasteiger partial charge in [-0.1, -0.05) is 48.5 Å². The van der Waals surface area contributed by atoms with Crippen LogP contribution in [0.15, 0.2) is 54.6 Å². The Labute approximate surface area is 148 Å². The van der Waals surface area contributed by atoms with Crippen molar-refractivity contribution < 1.29 is 9.53 Å². The van der Waals surface area contributed by atoms with E-state index in [2.05, 4.69) is 37.3 Å². The number of nitrogens with zero attached hydrogens (tertiary/aromatic N) is 1. The molecule has 4 rings (SSSR count). The predicted octanol–water partition coefficient (Wildman–Crippen LogP) is 4.06. The van der Waals surface area contributed by atoms with Gasteiger partial charge in [0.1, 0.15) is 0 Å². The molecule has 1 fully saturated rings. The quantitative estimate of drug-likeness (QED) is 0.776. The van der Waals surface area contributed by atoms with Crippen LogP contribution < -0.4 is 0 Å². The first kappa shape index (κ1) is 16.1. The molecule has 0 saturated carbocycles. The molecular weight excluding hydrogens is 310 g/mol. The van der Waals surface area contributed by atoms with Gasteiger partial charge in [0, 0.05) is 19.2 Å². The highest BCUT2D eigenvalue weighted by Gasteiger charge is 2.42. The van der Waals surface area contributed by atoms with Crippen LogP contribution in [-0.2, 0) is 21.7 Å². The third-order valence-electron chi connectivity index (χ3n) is 5.49. The number of benzene rings is 2. The minimum absolute atomic E-state index is 0.0874. The largest absolute Gasteiger partial charge is 0.365 e. The standard InChI is InChI=1S/C22H23NO2/c1-17-6-2-3-7-18(17)10-11-21(24)23-14-12-22(13-15-23)20-9-5-4-8-19(20)16-25-22/h2-11H,12-16H2,1H3/b11-10+. The van der Waals surface area contributed by atoms with E-state index in [0.29, 0.717) is 6.61 Å². The van der Waals surface area contributed by atoms with E-state index in [1.54, 1.807) is 6.08 Å². The number of piperidine rings is 1. The van der Waals surface area contributed by atoms with Crippen molar-refractivity contribution in [2.75, 3.05) is 13.1 Å². The minimum atomic E-state index is -0.187. The monoisotopic (exact) mass is 333 g/mol. The van der Waals surface area contributed by atoms with Crippen LogP contribution in [-0.4, -0.2) is 23.9 Å². The van der Waals surface area contributed by atoms with Gasteiger partial charge in [-0.3, -0.25) is 4.79 Å². The number of fused-ring (bicyclic) bond motifs is 2. The first-order valence-corrected chi connectivity index (χ1v) is 8.93. The molecule has 25 heavy (non-hydrogen) atoms. The first-order valence-electron chi connectivity index (χ1n) is 8.93. The highest BCUT2D eigenvalue weighted by Crippen LogP contribution is 2.43. The molecular formula is C22H23NO2. The molecule has 3 heteroatoms. The molecule has 0 unspecified atom stereocenters. The van der Waals surface area contributed by atoms with Crippen molar-refractivity contribution in [1.82, 2.24) is 4.90 Å². The average molecular weight is 333 g/mol. The Bertz CT molecular complexity index is 816. The van der Waals surface area contributed by atoms with E-state index in [1.807, 2.05) is 29.2 Å². The third kappa shape index (κ3) is 3.00. The van der Waals surface area contributed by atoms with Gasteiger partial charge in [-0.2, -0.15) is 0 Å². The number of ether oxygens (including phenoxy) is 1. The number of amides is 1. The summed E-state index contributed by atoms with van der Waals surface area (Å²) in [6.07, 6.45) is 5.36. The summed E-state index contributed by atoms with van der Waals surface area (Å²) < 4.78 is 6.17. The third-order valence-corrected chi connectivity index (χ3v) is 5.49. The lowest BCUT2D eigenvalue weighted by molar-refractivity contribution is -0.133. The van der Waals surface area contributed by atoms with Gasteiger partial charge < -0.3 is 9.64 Å². The molecule has 2 aromatic rings. The van der Waals surface area contributed by atoms with E-state index in [4.69, 9.17) is 4.74 Å². The second-order valence-electron chi connectivity index (χ2n) is 6.96. The topological polar surface area (TPSA) is 29.5 Å². The molecule has 0 N–H and O–H groups in total. The molecule has 1 amide bonds. The summed E-state index contributed by atoms with van der Waals surface area (Å²) in [4.78, 5) is 14.5. The zero-order chi connectivity index (χ0) is 17.3. The molecule has 0 aliphatic carbocycles. The van der Waals surface area contributed by atoms with Gasteiger partial charge in [0.15, 0.2) is 0 Å². The van der Waals surface area contributed by atoms with Crippen LogP contribution in [0, 0.1) is 6.92 Å². The second-order valence-corrected chi connectivity index (χ2v) is 6.96. The van der Waals surface area contributed by atoms with Gasteiger partial charge in [-0.25, -0.2) is 0 Å². The van der Waals surface area contributed by atoms with Crippen molar-refractivity contribution in [1.29, 1.82) is 0 Å². The Balaban J connectivity index is 1.43. The second kappa shape index (κ2) is 6.49. The molecule has 2 aliphatic heterocycles. The van der Waals surface area contributed by atoms with Crippen LogP contribution >= 0.6 is 0 Å². The van der Waals surface area contributed by atoms with Crippen molar-refractivity contribution >= 4 is 12.0 Å². The van der Waals surface area contributed by atoms with E-state index >= 15 is 0 Å². The van der Waals surface area contributed by atoms with Crippen molar-refractivity contribution in [2.24, 2.45) is 0 Å². The summed E-state index contributed by atoms with van der Waals surface area (Å²) in [5.74, 6) is 0.0874. The van der Waals surface area contributed by atoms with E-state index in [-0.39, 0.29) is 11.5 Å². The molecule has 128 valence electrons. The zero-order valence-electron chi connectivity index (χ0n) is 14.6. The molecule has 0 radical (unpaired) electrons. The van der Waals surface area contributed by atoms with Crippen molar-refractivity contribution in [3.05, 3.63) is 76.9 Å². The molecule has 2 aliphatic rings. The number of carbonyl (C=O) groups is 1. The zero-order valence-corrected chi connectivity index (χ0v) is 14.6. The van der Waals surface area contributed by atoms with Gasteiger partial charge in [-0.05, 0) is 48.1 Å². The fourth-order valence-corrected chi connectivity index (χ4v) is 3.93. The number of carbonyl (C=O) groups excluding carboxylic acids is 1. The van der Waals surface area contributed by atoms with Crippen LogP contribution in [0.5, 0.6) is 0 Å². The highest BCUT2D eigenvalue weighted by atomic mass is 16.5. The van der Waals surface area contributed by atoms with E-state index in [0.717, 1.165) is 31.5 Å². The SMILES string of the molecule is Cc1ccccc1/C=C/C(=O)N1CCC2(CC1)OCc1ccccc12. The summed E-state index contributed by atoms with van der Waals surface area (Å²) in [6, 6.07) is 16.6. The smallest absolute Gasteiger partial charge is 0.246 e. The normalized spacial score (nSPS) is 18.7. The van der Waals surface area contributed by atoms with Crippen LogP contribution in [0.2, 0.25) is 0 Å². The Morgan fingerprint density at radius 1 is 1.08 bits per heavy atom. The maximum atomic E-state index is 12.5.